The van der Waals surface area contributed by atoms with Crippen LogP contribution in [0, 0.1) is 5.92 Å². The third-order valence-corrected chi connectivity index (χ3v) is 5.53. The van der Waals surface area contributed by atoms with E-state index in [-0.39, 0.29) is 30.3 Å². The van der Waals surface area contributed by atoms with Gasteiger partial charge in [0.1, 0.15) is 25.0 Å². The number of ether oxygens (including phenoxy) is 1. The Kier molecular flexibility index (Phi) is 7.44. The normalized spacial score (nSPS) is 23.5. The smallest absolute Gasteiger partial charge is 0.255 e. The molecule has 3 heterocycles. The Bertz CT molecular complexity index is 697. The Hall–Kier alpha value is -2.19. The monoisotopic (exact) mass is 405 g/mol. The van der Waals surface area contributed by atoms with Crippen molar-refractivity contribution in [3.63, 3.8) is 0 Å². The summed E-state index contributed by atoms with van der Waals surface area (Å²) in [7, 11) is 0. The zero-order valence-electron chi connectivity index (χ0n) is 17.2. The van der Waals surface area contributed by atoms with Crippen molar-refractivity contribution >= 4 is 17.6 Å². The number of furan rings is 1. The van der Waals surface area contributed by atoms with Gasteiger partial charge < -0.3 is 24.7 Å². The molecule has 3 rings (SSSR count). The Morgan fingerprint density at radius 1 is 1.24 bits per heavy atom. The van der Waals surface area contributed by atoms with Crippen LogP contribution in [0.3, 0.4) is 0 Å². The fourth-order valence-electron chi connectivity index (χ4n) is 3.79. The van der Waals surface area contributed by atoms with Crippen LogP contribution in [0.2, 0.25) is 0 Å². The molecule has 0 radical (unpaired) electrons. The predicted octanol–water partition coefficient (Wildman–Crippen LogP) is 1.36. The summed E-state index contributed by atoms with van der Waals surface area (Å²) in [6.07, 6.45) is 5.97. The highest BCUT2D eigenvalue weighted by Gasteiger charge is 2.39. The maximum absolute atomic E-state index is 13.0. The van der Waals surface area contributed by atoms with E-state index in [1.807, 2.05) is 0 Å². The number of nitrogens with one attached hydrogen (secondary N) is 2. The molecular formula is C21H31N3O5. The highest BCUT2D eigenvalue weighted by atomic mass is 16.5. The van der Waals surface area contributed by atoms with Crippen LogP contribution in [-0.4, -0.2) is 66.9 Å². The maximum atomic E-state index is 13.0. The molecule has 2 unspecified atom stereocenters. The summed E-state index contributed by atoms with van der Waals surface area (Å²) in [6, 6.07) is 0.156. The second kappa shape index (κ2) is 10.0. The maximum Gasteiger partial charge on any atom is 0.255 e. The quantitative estimate of drug-likeness (QED) is 0.643. The first-order chi connectivity index (χ1) is 13.9. The SMILES string of the molecule is CC(C)CC[C@H](NC(=O)c1ccoc1)C(=O)NC1C(=O)COC1CN1CCCC1. The zero-order valence-corrected chi connectivity index (χ0v) is 17.2. The van der Waals surface area contributed by atoms with Gasteiger partial charge in [0.2, 0.25) is 5.91 Å². The highest BCUT2D eigenvalue weighted by Crippen LogP contribution is 2.17. The van der Waals surface area contributed by atoms with Gasteiger partial charge in [0, 0.05) is 6.54 Å². The van der Waals surface area contributed by atoms with E-state index in [1.165, 1.54) is 12.5 Å². The number of amides is 2. The van der Waals surface area contributed by atoms with Crippen LogP contribution in [0.4, 0.5) is 0 Å². The van der Waals surface area contributed by atoms with Gasteiger partial charge in [-0.3, -0.25) is 14.4 Å². The van der Waals surface area contributed by atoms with Gasteiger partial charge in [-0.1, -0.05) is 13.8 Å². The Balaban J connectivity index is 1.63. The first-order valence-corrected chi connectivity index (χ1v) is 10.4. The molecule has 2 amide bonds. The molecule has 8 nitrogen and oxygen atoms in total. The van der Waals surface area contributed by atoms with Gasteiger partial charge in [-0.2, -0.15) is 0 Å². The van der Waals surface area contributed by atoms with Crippen molar-refractivity contribution in [1.82, 2.24) is 15.5 Å². The van der Waals surface area contributed by atoms with Crippen molar-refractivity contribution < 1.29 is 23.5 Å². The van der Waals surface area contributed by atoms with Crippen LogP contribution in [0.1, 0.15) is 49.9 Å². The molecule has 2 saturated heterocycles. The minimum Gasteiger partial charge on any atom is -0.472 e. The lowest BCUT2D eigenvalue weighted by atomic mass is 10.0. The summed E-state index contributed by atoms with van der Waals surface area (Å²) >= 11 is 0. The second-order valence-corrected chi connectivity index (χ2v) is 8.32. The molecule has 0 aliphatic carbocycles. The summed E-state index contributed by atoms with van der Waals surface area (Å²) in [5.74, 6) is -0.454. The van der Waals surface area contributed by atoms with Crippen molar-refractivity contribution in [1.29, 1.82) is 0 Å². The zero-order chi connectivity index (χ0) is 20.8. The number of rotatable bonds is 9. The van der Waals surface area contributed by atoms with Gasteiger partial charge in [0.05, 0.1) is 17.9 Å². The van der Waals surface area contributed by atoms with Crippen LogP contribution in [0.5, 0.6) is 0 Å². The van der Waals surface area contributed by atoms with Crippen LogP contribution in [0.15, 0.2) is 23.0 Å². The Morgan fingerprint density at radius 2 is 2.00 bits per heavy atom. The van der Waals surface area contributed by atoms with E-state index in [4.69, 9.17) is 9.15 Å². The van der Waals surface area contributed by atoms with E-state index in [2.05, 4.69) is 29.4 Å². The molecule has 2 aliphatic heterocycles. The molecule has 0 saturated carbocycles. The van der Waals surface area contributed by atoms with Crippen LogP contribution in [-0.2, 0) is 14.3 Å². The first kappa shape index (κ1) is 21.5. The Morgan fingerprint density at radius 3 is 2.66 bits per heavy atom. The van der Waals surface area contributed by atoms with Crippen LogP contribution in [0.25, 0.3) is 0 Å². The third-order valence-electron chi connectivity index (χ3n) is 5.53. The van der Waals surface area contributed by atoms with E-state index in [0.29, 0.717) is 24.4 Å². The fourth-order valence-corrected chi connectivity index (χ4v) is 3.79. The van der Waals surface area contributed by atoms with Gasteiger partial charge in [0.25, 0.3) is 5.91 Å². The summed E-state index contributed by atoms with van der Waals surface area (Å²) < 4.78 is 10.6. The highest BCUT2D eigenvalue weighted by molar-refractivity contribution is 5.98. The minimum atomic E-state index is -0.722. The molecule has 0 spiro atoms. The standard InChI is InChI=1S/C21H31N3O5/c1-14(2)5-6-16(22-20(26)15-7-10-28-12-15)21(27)23-19-17(25)13-29-18(19)11-24-8-3-4-9-24/h7,10,12,14,16,18-19H,3-6,8-9,11,13H2,1-2H3,(H,22,26)(H,23,27)/t16-,18?,19?/m0/s1. The minimum absolute atomic E-state index is 0.0154. The number of ketones is 1. The summed E-state index contributed by atoms with van der Waals surface area (Å²) in [5, 5.41) is 5.63. The lowest BCUT2D eigenvalue weighted by molar-refractivity contribution is -0.127. The van der Waals surface area contributed by atoms with Gasteiger partial charge in [-0.25, -0.2) is 0 Å². The summed E-state index contributed by atoms with van der Waals surface area (Å²) in [5.41, 5.74) is 0.361. The van der Waals surface area contributed by atoms with Crippen molar-refractivity contribution in [2.24, 2.45) is 5.92 Å². The summed E-state index contributed by atoms with van der Waals surface area (Å²) in [6.45, 7) is 6.76. The van der Waals surface area contributed by atoms with Crippen LogP contribution < -0.4 is 10.6 Å². The predicted molar refractivity (Wildman–Crippen MR) is 106 cm³/mol. The molecule has 2 N–H and O–H groups in total. The largest absolute Gasteiger partial charge is 0.472 e. The number of hydrogen-bond acceptors (Lipinski definition) is 6. The molecule has 1 aromatic rings. The van der Waals surface area contributed by atoms with Gasteiger partial charge in [-0.05, 0) is 50.8 Å². The van der Waals surface area contributed by atoms with Gasteiger partial charge in [0.15, 0.2) is 5.78 Å². The number of nitrogens with zero attached hydrogens (tertiary/aromatic N) is 1. The van der Waals surface area contributed by atoms with Crippen LogP contribution >= 0.6 is 0 Å². The summed E-state index contributed by atoms with van der Waals surface area (Å²) in [4.78, 5) is 40.0. The molecule has 160 valence electrons. The average Bonchev–Trinajstić information content (AvgIpc) is 3.44. The van der Waals surface area contributed by atoms with Gasteiger partial charge >= 0.3 is 0 Å². The third kappa shape index (κ3) is 5.90. The average molecular weight is 405 g/mol. The van der Waals surface area contributed by atoms with E-state index in [9.17, 15) is 14.4 Å². The molecule has 29 heavy (non-hydrogen) atoms. The number of carbonyl (C=O) groups excluding carboxylic acids is 3. The van der Waals surface area contributed by atoms with E-state index < -0.39 is 12.1 Å². The first-order valence-electron chi connectivity index (χ1n) is 10.4. The Labute approximate surface area is 171 Å². The number of carbonyl (C=O) groups is 3. The number of likely N-dealkylation sites (tertiary alicyclic amines) is 1. The van der Waals surface area contributed by atoms with Gasteiger partial charge in [-0.15, -0.1) is 0 Å². The van der Waals surface area contributed by atoms with E-state index in [0.717, 1.165) is 32.4 Å². The molecular weight excluding hydrogens is 374 g/mol. The number of Topliss-reactive ketones (excluding diaryl/α,β-unsaturated/α-hetero) is 1. The molecule has 2 fully saturated rings. The number of hydrogen-bond donors (Lipinski definition) is 2. The lowest BCUT2D eigenvalue weighted by Crippen LogP contribution is -2.54. The molecule has 1 aromatic heterocycles. The van der Waals surface area contributed by atoms with Crippen molar-refractivity contribution in [3.8, 4) is 0 Å². The van der Waals surface area contributed by atoms with Crippen molar-refractivity contribution in [2.75, 3.05) is 26.2 Å². The van der Waals surface area contributed by atoms with E-state index >= 15 is 0 Å². The molecule has 8 heteroatoms. The lowest BCUT2D eigenvalue weighted by Gasteiger charge is -2.26. The fraction of sp³-hybridized carbons (Fsp3) is 0.667. The van der Waals surface area contributed by atoms with E-state index in [1.54, 1.807) is 6.07 Å². The topological polar surface area (TPSA) is 101 Å². The molecule has 3 atom stereocenters. The van der Waals surface area contributed by atoms with Crippen molar-refractivity contribution in [3.05, 3.63) is 24.2 Å². The molecule has 2 aliphatic rings. The molecule has 0 bridgehead atoms. The second-order valence-electron chi connectivity index (χ2n) is 8.32. The molecule has 0 aromatic carbocycles. The van der Waals surface area contributed by atoms with Crippen molar-refractivity contribution in [2.45, 2.75) is 57.7 Å².